The summed E-state index contributed by atoms with van der Waals surface area (Å²) in [5.74, 6) is 0.786. The van der Waals surface area contributed by atoms with Gasteiger partial charge in [0.05, 0.1) is 25.1 Å². The summed E-state index contributed by atoms with van der Waals surface area (Å²) in [5.41, 5.74) is -0.502. The van der Waals surface area contributed by atoms with Gasteiger partial charge in [0.1, 0.15) is 17.7 Å². The fourth-order valence-corrected chi connectivity index (χ4v) is 4.87. The molecular formula is C26H36F2N4O3. The second-order valence-electron chi connectivity index (χ2n) is 10.4. The molecular weight excluding hydrogens is 454 g/mol. The summed E-state index contributed by atoms with van der Waals surface area (Å²) >= 11 is 0. The van der Waals surface area contributed by atoms with Gasteiger partial charge in [0.2, 0.25) is 0 Å². The molecule has 7 nitrogen and oxygen atoms in total. The molecule has 4 rings (SSSR count). The Morgan fingerprint density at radius 1 is 1.14 bits per heavy atom. The monoisotopic (exact) mass is 490 g/mol. The Morgan fingerprint density at radius 3 is 2.49 bits per heavy atom. The Hall–Kier alpha value is -2.20. The molecule has 1 aromatic heterocycles. The van der Waals surface area contributed by atoms with Crippen LogP contribution in [-0.4, -0.2) is 81.1 Å². The summed E-state index contributed by atoms with van der Waals surface area (Å²) in [5, 5.41) is 20.4. The standard InChI is InChI=1S/C26H36F2N4O3/c1-26(2,28)17-31-10-7-18(8-11-31)16-35-21-13-29-24(30-14-21)19-5-6-22(23(27)12-19)25(34)32-9-3-4-20(33)15-32/h5-6,12-14,18,20,25,33-34H,3-4,7-11,15-17H2,1-2H3. The molecule has 9 heteroatoms. The number of hydrogen-bond acceptors (Lipinski definition) is 7. The number of halogens is 2. The number of aliphatic hydroxyl groups is 2. The molecule has 2 N–H and O–H groups in total. The van der Waals surface area contributed by atoms with Crippen molar-refractivity contribution in [2.24, 2.45) is 5.92 Å². The van der Waals surface area contributed by atoms with Gasteiger partial charge in [-0.15, -0.1) is 0 Å². The van der Waals surface area contributed by atoms with Crippen molar-refractivity contribution >= 4 is 0 Å². The van der Waals surface area contributed by atoms with Crippen LogP contribution in [0.15, 0.2) is 30.6 Å². The lowest BCUT2D eigenvalue weighted by atomic mass is 9.97. The number of aromatic nitrogens is 2. The number of ether oxygens (including phenoxy) is 1. The first-order valence-corrected chi connectivity index (χ1v) is 12.4. The molecule has 0 aliphatic carbocycles. The van der Waals surface area contributed by atoms with Crippen molar-refractivity contribution < 1.29 is 23.7 Å². The molecule has 2 unspecified atom stereocenters. The Labute approximate surface area is 205 Å². The summed E-state index contributed by atoms with van der Waals surface area (Å²) in [6.07, 6.45) is 4.93. The molecule has 0 saturated carbocycles. The van der Waals surface area contributed by atoms with Gasteiger partial charge in [-0.2, -0.15) is 0 Å². The Kier molecular flexibility index (Phi) is 8.31. The Morgan fingerprint density at radius 2 is 1.86 bits per heavy atom. The maximum atomic E-state index is 14.8. The lowest BCUT2D eigenvalue weighted by Crippen LogP contribution is -2.41. The predicted molar refractivity (Wildman–Crippen MR) is 129 cm³/mol. The van der Waals surface area contributed by atoms with Crippen LogP contribution in [0.25, 0.3) is 11.4 Å². The number of piperidine rings is 2. The van der Waals surface area contributed by atoms with Crippen molar-refractivity contribution in [2.45, 2.75) is 57.5 Å². The molecule has 192 valence electrons. The molecule has 1 aromatic carbocycles. The van der Waals surface area contributed by atoms with E-state index >= 15 is 0 Å². The third-order valence-electron chi connectivity index (χ3n) is 6.73. The van der Waals surface area contributed by atoms with Gasteiger partial charge in [-0.3, -0.25) is 4.90 Å². The number of benzene rings is 1. The molecule has 2 aromatic rings. The molecule has 2 fully saturated rings. The fraction of sp³-hybridized carbons (Fsp3) is 0.615. The number of nitrogens with zero attached hydrogens (tertiary/aromatic N) is 4. The minimum absolute atomic E-state index is 0.170. The van der Waals surface area contributed by atoms with Gasteiger partial charge in [0.25, 0.3) is 0 Å². The van der Waals surface area contributed by atoms with Crippen molar-refractivity contribution in [1.82, 2.24) is 19.8 Å². The summed E-state index contributed by atoms with van der Waals surface area (Å²) in [7, 11) is 0. The Bertz CT molecular complexity index is 962. The predicted octanol–water partition coefficient (Wildman–Crippen LogP) is 3.57. The molecule has 3 heterocycles. The number of rotatable bonds is 8. The summed E-state index contributed by atoms with van der Waals surface area (Å²) in [4.78, 5) is 12.5. The maximum absolute atomic E-state index is 14.8. The van der Waals surface area contributed by atoms with Gasteiger partial charge in [0, 0.05) is 30.8 Å². The third kappa shape index (κ3) is 7.16. The van der Waals surface area contributed by atoms with Crippen molar-refractivity contribution in [1.29, 1.82) is 0 Å². The zero-order chi connectivity index (χ0) is 25.0. The van der Waals surface area contributed by atoms with E-state index in [1.807, 2.05) is 0 Å². The van der Waals surface area contributed by atoms with E-state index < -0.39 is 23.8 Å². The van der Waals surface area contributed by atoms with E-state index in [-0.39, 0.29) is 5.56 Å². The lowest BCUT2D eigenvalue weighted by Gasteiger charge is -2.34. The normalized spacial score (nSPS) is 21.7. The first kappa shape index (κ1) is 25.9. The van der Waals surface area contributed by atoms with Crippen LogP contribution >= 0.6 is 0 Å². The van der Waals surface area contributed by atoms with E-state index in [0.29, 0.717) is 55.7 Å². The maximum Gasteiger partial charge on any atom is 0.159 e. The number of hydrogen-bond donors (Lipinski definition) is 2. The topological polar surface area (TPSA) is 82.0 Å². The zero-order valence-electron chi connectivity index (χ0n) is 20.5. The fourth-order valence-electron chi connectivity index (χ4n) is 4.87. The summed E-state index contributed by atoms with van der Waals surface area (Å²) in [6, 6.07) is 4.55. The SMILES string of the molecule is CC(C)(F)CN1CCC(COc2cnc(-c3ccc(C(O)N4CCCC(O)C4)c(F)c3)nc2)CC1. The van der Waals surface area contributed by atoms with Gasteiger partial charge in [-0.05, 0) is 64.6 Å². The zero-order valence-corrected chi connectivity index (χ0v) is 20.5. The molecule has 0 spiro atoms. The van der Waals surface area contributed by atoms with Gasteiger partial charge >= 0.3 is 0 Å². The number of β-amino-alcohol motifs (C(OH)–C–C–N with tert-alkyl or cyclic N) is 1. The molecule has 2 saturated heterocycles. The van der Waals surface area contributed by atoms with Crippen molar-refractivity contribution in [2.75, 3.05) is 39.3 Å². The average Bonchev–Trinajstić information content (AvgIpc) is 2.82. The van der Waals surface area contributed by atoms with E-state index in [0.717, 1.165) is 32.4 Å². The van der Waals surface area contributed by atoms with Crippen LogP contribution in [0.4, 0.5) is 8.78 Å². The smallest absolute Gasteiger partial charge is 0.159 e. The molecule has 0 amide bonds. The van der Waals surface area contributed by atoms with Gasteiger partial charge in [-0.25, -0.2) is 18.7 Å². The highest BCUT2D eigenvalue weighted by Crippen LogP contribution is 2.28. The van der Waals surface area contributed by atoms with Crippen LogP contribution in [0.2, 0.25) is 0 Å². The highest BCUT2D eigenvalue weighted by Gasteiger charge is 2.27. The van der Waals surface area contributed by atoms with E-state index in [4.69, 9.17) is 4.74 Å². The molecule has 35 heavy (non-hydrogen) atoms. The second kappa shape index (κ2) is 11.2. The molecule has 2 atom stereocenters. The van der Waals surface area contributed by atoms with E-state index in [1.165, 1.54) is 6.07 Å². The van der Waals surface area contributed by atoms with Gasteiger partial charge in [-0.1, -0.05) is 12.1 Å². The average molecular weight is 491 g/mol. The van der Waals surface area contributed by atoms with Crippen molar-refractivity contribution in [3.8, 4) is 17.1 Å². The molecule has 0 radical (unpaired) electrons. The van der Waals surface area contributed by atoms with Crippen LogP contribution in [0.1, 0.15) is 51.3 Å². The van der Waals surface area contributed by atoms with Crippen LogP contribution in [0, 0.1) is 11.7 Å². The van der Waals surface area contributed by atoms with Crippen LogP contribution in [0.5, 0.6) is 5.75 Å². The van der Waals surface area contributed by atoms with E-state index in [2.05, 4.69) is 14.9 Å². The highest BCUT2D eigenvalue weighted by atomic mass is 19.1. The number of alkyl halides is 1. The molecule has 0 bridgehead atoms. The first-order valence-electron chi connectivity index (χ1n) is 12.4. The number of aliphatic hydroxyl groups excluding tert-OH is 2. The summed E-state index contributed by atoms with van der Waals surface area (Å²) in [6.45, 7) is 6.90. The van der Waals surface area contributed by atoms with E-state index in [1.54, 1.807) is 43.3 Å². The van der Waals surface area contributed by atoms with Crippen LogP contribution < -0.4 is 4.74 Å². The highest BCUT2D eigenvalue weighted by molar-refractivity contribution is 5.55. The van der Waals surface area contributed by atoms with Gasteiger partial charge < -0.3 is 19.8 Å². The largest absolute Gasteiger partial charge is 0.490 e. The summed E-state index contributed by atoms with van der Waals surface area (Å²) < 4.78 is 34.5. The first-order chi connectivity index (χ1) is 16.7. The third-order valence-corrected chi connectivity index (χ3v) is 6.73. The quantitative estimate of drug-likeness (QED) is 0.586. The van der Waals surface area contributed by atoms with Crippen LogP contribution in [0.3, 0.4) is 0 Å². The van der Waals surface area contributed by atoms with Crippen molar-refractivity contribution in [3.63, 3.8) is 0 Å². The second-order valence-corrected chi connectivity index (χ2v) is 10.4. The molecule has 2 aliphatic heterocycles. The van der Waals surface area contributed by atoms with Gasteiger partial charge in [0.15, 0.2) is 11.6 Å². The minimum Gasteiger partial charge on any atom is -0.490 e. The molecule has 2 aliphatic rings. The van der Waals surface area contributed by atoms with E-state index in [9.17, 15) is 19.0 Å². The number of likely N-dealkylation sites (tertiary alicyclic amines) is 2. The minimum atomic E-state index is -1.18. The lowest BCUT2D eigenvalue weighted by molar-refractivity contribution is -0.0472. The van der Waals surface area contributed by atoms with Crippen LogP contribution in [-0.2, 0) is 0 Å². The van der Waals surface area contributed by atoms with Crippen molar-refractivity contribution in [3.05, 3.63) is 42.0 Å². The Balaban J connectivity index is 1.30.